The molecule has 0 bridgehead atoms. The highest BCUT2D eigenvalue weighted by atomic mass is 35.5. The van der Waals surface area contributed by atoms with Gasteiger partial charge in [0.2, 0.25) is 11.8 Å². The Morgan fingerprint density at radius 1 is 1.21 bits per heavy atom. The zero-order valence-corrected chi connectivity index (χ0v) is 21.9. The van der Waals surface area contributed by atoms with Crippen molar-refractivity contribution in [2.75, 3.05) is 0 Å². The number of pyridine rings is 1. The van der Waals surface area contributed by atoms with E-state index in [0.717, 1.165) is 0 Å². The molecule has 3 amide bonds. The number of β-lactam (4-membered cyclic amide) rings is 1. The van der Waals surface area contributed by atoms with Gasteiger partial charge in [-0.1, -0.05) is 23.7 Å². The van der Waals surface area contributed by atoms with E-state index < -0.39 is 63.2 Å². The number of carboxylic acid groups (broad SMARTS) is 1. The van der Waals surface area contributed by atoms with E-state index in [1.807, 2.05) is 0 Å². The lowest BCUT2D eigenvalue weighted by Gasteiger charge is -2.44. The molecule has 2 aliphatic rings. The highest BCUT2D eigenvalue weighted by molar-refractivity contribution is 8.01. The van der Waals surface area contributed by atoms with Crippen molar-refractivity contribution >= 4 is 58.2 Å². The minimum absolute atomic E-state index is 0.0876. The van der Waals surface area contributed by atoms with Gasteiger partial charge >= 0.3 is 5.97 Å². The van der Waals surface area contributed by atoms with E-state index in [0.29, 0.717) is 0 Å². The fraction of sp³-hybridized carbons (Fsp3) is 0.292. The molecular formula is C24H21ClN6O7S. The largest absolute Gasteiger partial charge is 0.508 e. The standard InChI is InChI=1S/C24H21ClN6O7S/c1-24(2)16(23(37)38)31-21(36)15(22(31)39-24)29-18(33)13(9-3-5-11(32)6-4-9)28-19(34)14-20(35)30-17-12(27-14)7-10(25)8-26-17/h3-8,13,15-16,22,32H,1-2H3,(H,28,34)(H,29,33)(H,37,38)(H,26,30,35)/t13?,15?,16-,22+/m0/s1. The average Bonchev–Trinajstić information content (AvgIpc) is 3.13. The number of hydrogen-bond acceptors (Lipinski definition) is 9. The highest BCUT2D eigenvalue weighted by Crippen LogP contribution is 2.50. The van der Waals surface area contributed by atoms with Crippen molar-refractivity contribution in [3.8, 4) is 5.75 Å². The number of aromatic nitrogens is 3. The summed E-state index contributed by atoms with van der Waals surface area (Å²) in [4.78, 5) is 75.4. The molecule has 13 nitrogen and oxygen atoms in total. The second-order valence-electron chi connectivity index (χ2n) is 9.52. The van der Waals surface area contributed by atoms with Crippen molar-refractivity contribution in [2.45, 2.75) is 42.1 Å². The molecule has 4 heterocycles. The van der Waals surface area contributed by atoms with Crippen LogP contribution in [0.2, 0.25) is 5.02 Å². The van der Waals surface area contributed by atoms with Gasteiger partial charge in [-0.15, -0.1) is 11.8 Å². The maximum Gasteiger partial charge on any atom is 0.327 e. The summed E-state index contributed by atoms with van der Waals surface area (Å²) in [6, 6.07) is 3.31. The summed E-state index contributed by atoms with van der Waals surface area (Å²) in [5, 5.41) is 24.0. The number of phenols is 1. The van der Waals surface area contributed by atoms with E-state index >= 15 is 0 Å². The lowest BCUT2D eigenvalue weighted by Crippen LogP contribution is -2.71. The second-order valence-corrected chi connectivity index (χ2v) is 11.7. The summed E-state index contributed by atoms with van der Waals surface area (Å²) in [5.74, 6) is -3.57. The van der Waals surface area contributed by atoms with Crippen molar-refractivity contribution in [3.63, 3.8) is 0 Å². The summed E-state index contributed by atoms with van der Waals surface area (Å²) >= 11 is 7.19. The van der Waals surface area contributed by atoms with Crippen LogP contribution < -0.4 is 16.2 Å². The van der Waals surface area contributed by atoms with Gasteiger partial charge in [-0.2, -0.15) is 0 Å². The number of benzene rings is 1. The molecule has 5 rings (SSSR count). The number of fused-ring (bicyclic) bond motifs is 2. The molecule has 1 aromatic carbocycles. The first-order valence-electron chi connectivity index (χ1n) is 11.6. The number of halogens is 1. The van der Waals surface area contributed by atoms with Crippen LogP contribution in [-0.2, 0) is 14.4 Å². The average molecular weight is 573 g/mol. The molecule has 2 aliphatic heterocycles. The number of aliphatic carboxylic acids is 1. The molecule has 3 aromatic rings. The van der Waals surface area contributed by atoms with E-state index in [4.69, 9.17) is 11.6 Å². The van der Waals surface area contributed by atoms with Gasteiger partial charge in [0.05, 0.1) is 5.02 Å². The Kier molecular flexibility index (Phi) is 6.47. The summed E-state index contributed by atoms with van der Waals surface area (Å²) in [5.41, 5.74) is -0.905. The zero-order chi connectivity index (χ0) is 28.2. The van der Waals surface area contributed by atoms with Crippen molar-refractivity contribution < 1.29 is 29.4 Å². The molecule has 15 heteroatoms. The third kappa shape index (κ3) is 4.65. The molecule has 2 fully saturated rings. The highest BCUT2D eigenvalue weighted by Gasteiger charge is 2.64. The third-order valence-corrected chi connectivity index (χ3v) is 8.24. The number of nitrogens with one attached hydrogen (secondary N) is 3. The number of nitrogens with zero attached hydrogens (tertiary/aromatic N) is 3. The van der Waals surface area contributed by atoms with Crippen LogP contribution in [0.25, 0.3) is 11.2 Å². The maximum absolute atomic E-state index is 13.4. The lowest BCUT2D eigenvalue weighted by atomic mass is 9.95. The number of H-pyrrole nitrogens is 1. The molecule has 2 saturated heterocycles. The van der Waals surface area contributed by atoms with Crippen molar-refractivity contribution in [2.24, 2.45) is 0 Å². The van der Waals surface area contributed by atoms with Gasteiger partial charge < -0.3 is 30.7 Å². The number of carboxylic acids is 1. The minimum atomic E-state index is -1.40. The molecule has 4 atom stereocenters. The van der Waals surface area contributed by atoms with Crippen LogP contribution in [0.5, 0.6) is 5.75 Å². The second kappa shape index (κ2) is 9.54. The fourth-order valence-electron chi connectivity index (χ4n) is 4.65. The molecule has 2 aromatic heterocycles. The van der Waals surface area contributed by atoms with Crippen LogP contribution >= 0.6 is 23.4 Å². The van der Waals surface area contributed by atoms with Crippen molar-refractivity contribution in [1.82, 2.24) is 30.5 Å². The predicted octanol–water partition coefficient (Wildman–Crippen LogP) is 0.780. The Hall–Kier alpha value is -4.17. The number of rotatable bonds is 6. The smallest absolute Gasteiger partial charge is 0.327 e. The van der Waals surface area contributed by atoms with Gasteiger partial charge in [0, 0.05) is 10.9 Å². The van der Waals surface area contributed by atoms with Crippen LogP contribution in [0.4, 0.5) is 0 Å². The van der Waals surface area contributed by atoms with Gasteiger partial charge in [0.25, 0.3) is 11.5 Å². The molecule has 202 valence electrons. The fourth-order valence-corrected chi connectivity index (χ4v) is 6.43. The quantitative estimate of drug-likeness (QED) is 0.263. The molecule has 2 unspecified atom stereocenters. The minimum Gasteiger partial charge on any atom is -0.508 e. The summed E-state index contributed by atoms with van der Waals surface area (Å²) in [7, 11) is 0. The van der Waals surface area contributed by atoms with Gasteiger partial charge in [0.15, 0.2) is 11.3 Å². The third-order valence-electron chi connectivity index (χ3n) is 6.47. The Labute approximate surface area is 229 Å². The number of thioether (sulfide) groups is 1. The maximum atomic E-state index is 13.4. The number of carbonyl (C=O) groups is 4. The summed E-state index contributed by atoms with van der Waals surface area (Å²) < 4.78 is -0.795. The Bertz CT molecular complexity index is 1590. The number of hydrogen-bond donors (Lipinski definition) is 5. The number of phenolic OH excluding ortho intramolecular Hbond substituents is 1. The van der Waals surface area contributed by atoms with Gasteiger partial charge in [-0.25, -0.2) is 14.8 Å². The van der Waals surface area contributed by atoms with Crippen molar-refractivity contribution in [3.05, 3.63) is 63.2 Å². The number of carbonyl (C=O) groups excluding carboxylic acids is 3. The lowest BCUT2D eigenvalue weighted by molar-refractivity contribution is -0.161. The van der Waals surface area contributed by atoms with E-state index in [1.54, 1.807) is 13.8 Å². The number of amides is 3. The number of aromatic amines is 1. The van der Waals surface area contributed by atoms with E-state index in [-0.39, 0.29) is 27.5 Å². The van der Waals surface area contributed by atoms with E-state index in [1.165, 1.54) is 53.2 Å². The molecule has 0 radical (unpaired) electrons. The molecule has 0 aliphatic carbocycles. The first kappa shape index (κ1) is 26.4. The molecule has 0 spiro atoms. The van der Waals surface area contributed by atoms with Crippen molar-refractivity contribution in [1.29, 1.82) is 0 Å². The van der Waals surface area contributed by atoms with Gasteiger partial charge in [-0.05, 0) is 37.6 Å². The summed E-state index contributed by atoms with van der Waals surface area (Å²) in [6.07, 6.45) is 1.30. The monoisotopic (exact) mass is 572 g/mol. The molecule has 0 saturated carbocycles. The van der Waals surface area contributed by atoms with Crippen LogP contribution in [0, 0.1) is 0 Å². The number of aromatic hydroxyl groups is 1. The first-order valence-corrected chi connectivity index (χ1v) is 12.8. The van der Waals surface area contributed by atoms with E-state index in [2.05, 4.69) is 25.6 Å². The summed E-state index contributed by atoms with van der Waals surface area (Å²) in [6.45, 7) is 3.41. The van der Waals surface area contributed by atoms with Crippen LogP contribution in [-0.4, -0.2) is 76.0 Å². The zero-order valence-electron chi connectivity index (χ0n) is 20.3. The molecule has 39 heavy (non-hydrogen) atoms. The van der Waals surface area contributed by atoms with Crippen LogP contribution in [0.15, 0.2) is 41.3 Å². The van der Waals surface area contributed by atoms with E-state index in [9.17, 15) is 34.2 Å². The Morgan fingerprint density at radius 2 is 1.90 bits per heavy atom. The molecule has 5 N–H and O–H groups in total. The Morgan fingerprint density at radius 3 is 2.56 bits per heavy atom. The van der Waals surface area contributed by atoms with Crippen LogP contribution in [0.1, 0.15) is 35.9 Å². The SMILES string of the molecule is CC1(C)S[C@@H]2C(NC(=O)C(NC(=O)c3nc4cc(Cl)cnc4[nH]c3=O)c3ccc(O)cc3)C(=O)N2[C@H]1C(=O)O. The topological polar surface area (TPSA) is 195 Å². The first-order chi connectivity index (χ1) is 18.4. The normalized spacial score (nSPS) is 22.1. The van der Waals surface area contributed by atoms with Crippen LogP contribution in [0.3, 0.4) is 0 Å². The predicted molar refractivity (Wildman–Crippen MR) is 139 cm³/mol. The Balaban J connectivity index is 1.42. The van der Waals surface area contributed by atoms with Gasteiger partial charge in [0.1, 0.15) is 34.8 Å². The molecular weight excluding hydrogens is 552 g/mol. The van der Waals surface area contributed by atoms with Gasteiger partial charge in [-0.3, -0.25) is 19.2 Å².